The van der Waals surface area contributed by atoms with E-state index in [1.807, 2.05) is 23.1 Å². The van der Waals surface area contributed by atoms with E-state index in [1.54, 1.807) is 26.8 Å². The van der Waals surface area contributed by atoms with Gasteiger partial charge in [-0.15, -0.1) is 0 Å². The molecule has 1 heterocycles. The van der Waals surface area contributed by atoms with Crippen LogP contribution in [0.4, 0.5) is 11.4 Å². The van der Waals surface area contributed by atoms with Crippen LogP contribution in [-0.4, -0.2) is 56.5 Å². The molecule has 32 heavy (non-hydrogen) atoms. The van der Waals surface area contributed by atoms with E-state index in [4.69, 9.17) is 0 Å². The standard InChI is InChI=1S/C23H30N4O4S/c1-23(2,3)24-32(30,31)20-11-12-21(22(18-20)27(28)29)26-16-14-25(15-17-26)13-7-10-19-8-5-4-6-9-19/h4-12,18,24H,13-17H2,1-3H3/b10-7+. The third-order valence-electron chi connectivity index (χ3n) is 5.08. The number of piperazine rings is 1. The lowest BCUT2D eigenvalue weighted by Gasteiger charge is -2.35. The quantitative estimate of drug-likeness (QED) is 0.504. The Hall–Kier alpha value is -2.75. The summed E-state index contributed by atoms with van der Waals surface area (Å²) in [6, 6.07) is 14.2. The van der Waals surface area contributed by atoms with Crippen LogP contribution in [0.5, 0.6) is 0 Å². The molecular formula is C23H30N4O4S. The molecule has 0 aromatic heterocycles. The zero-order valence-electron chi connectivity index (χ0n) is 18.7. The maximum atomic E-state index is 12.6. The van der Waals surface area contributed by atoms with Gasteiger partial charge in [-0.3, -0.25) is 15.0 Å². The minimum atomic E-state index is -3.85. The number of nitrogens with one attached hydrogen (secondary N) is 1. The van der Waals surface area contributed by atoms with E-state index in [0.29, 0.717) is 18.8 Å². The molecule has 0 saturated carbocycles. The molecule has 8 nitrogen and oxygen atoms in total. The Bertz CT molecular complexity index is 1070. The lowest BCUT2D eigenvalue weighted by atomic mass is 10.1. The number of benzene rings is 2. The van der Waals surface area contributed by atoms with Crippen molar-refractivity contribution in [1.82, 2.24) is 9.62 Å². The number of nitro benzene ring substituents is 1. The molecule has 9 heteroatoms. The van der Waals surface area contributed by atoms with Crippen molar-refractivity contribution in [2.24, 2.45) is 0 Å². The Kier molecular flexibility index (Phi) is 7.33. The Morgan fingerprint density at radius 2 is 1.72 bits per heavy atom. The Morgan fingerprint density at radius 1 is 1.06 bits per heavy atom. The highest BCUT2D eigenvalue weighted by Gasteiger charge is 2.28. The van der Waals surface area contributed by atoms with Gasteiger partial charge in [0.1, 0.15) is 5.69 Å². The van der Waals surface area contributed by atoms with Gasteiger partial charge in [0.05, 0.1) is 9.82 Å². The summed E-state index contributed by atoms with van der Waals surface area (Å²) in [7, 11) is -3.85. The zero-order valence-corrected chi connectivity index (χ0v) is 19.5. The van der Waals surface area contributed by atoms with E-state index in [-0.39, 0.29) is 10.6 Å². The minimum Gasteiger partial charge on any atom is -0.363 e. The first kappa shape index (κ1) is 23.9. The molecule has 1 aliphatic rings. The molecule has 1 fully saturated rings. The molecule has 0 bridgehead atoms. The van der Waals surface area contributed by atoms with Crippen LogP contribution in [0.1, 0.15) is 26.3 Å². The first-order valence-corrected chi connectivity index (χ1v) is 12.0. The second-order valence-electron chi connectivity index (χ2n) is 8.86. The Labute approximate surface area is 189 Å². The first-order valence-electron chi connectivity index (χ1n) is 10.6. The number of nitrogens with zero attached hydrogens (tertiary/aromatic N) is 3. The fourth-order valence-corrected chi connectivity index (χ4v) is 5.06. The van der Waals surface area contributed by atoms with Crippen LogP contribution in [0.3, 0.4) is 0 Å². The molecule has 1 aliphatic heterocycles. The van der Waals surface area contributed by atoms with E-state index in [1.165, 1.54) is 6.07 Å². The summed E-state index contributed by atoms with van der Waals surface area (Å²) < 4.78 is 27.7. The van der Waals surface area contributed by atoms with Crippen LogP contribution in [0.25, 0.3) is 6.08 Å². The van der Waals surface area contributed by atoms with Gasteiger partial charge in [-0.25, -0.2) is 13.1 Å². The zero-order chi connectivity index (χ0) is 23.4. The third kappa shape index (κ3) is 6.38. The number of rotatable bonds is 7. The van der Waals surface area contributed by atoms with Crippen LogP contribution < -0.4 is 9.62 Å². The van der Waals surface area contributed by atoms with Crippen molar-refractivity contribution in [3.8, 4) is 0 Å². The molecule has 0 spiro atoms. The fourth-order valence-electron chi connectivity index (χ4n) is 3.62. The molecule has 2 aromatic carbocycles. The van der Waals surface area contributed by atoms with Crippen molar-refractivity contribution in [3.05, 3.63) is 70.3 Å². The van der Waals surface area contributed by atoms with Gasteiger partial charge in [-0.05, 0) is 38.5 Å². The van der Waals surface area contributed by atoms with Gasteiger partial charge >= 0.3 is 0 Å². The van der Waals surface area contributed by atoms with E-state index >= 15 is 0 Å². The molecule has 2 aromatic rings. The van der Waals surface area contributed by atoms with Crippen LogP contribution in [0.2, 0.25) is 0 Å². The molecular weight excluding hydrogens is 428 g/mol. The number of hydrogen-bond donors (Lipinski definition) is 1. The number of sulfonamides is 1. The van der Waals surface area contributed by atoms with Gasteiger partial charge in [0.15, 0.2) is 0 Å². The highest BCUT2D eigenvalue weighted by molar-refractivity contribution is 7.89. The molecule has 0 aliphatic carbocycles. The minimum absolute atomic E-state index is 0.104. The second-order valence-corrected chi connectivity index (χ2v) is 10.5. The average Bonchev–Trinajstić information content (AvgIpc) is 2.73. The topological polar surface area (TPSA) is 95.8 Å². The maximum absolute atomic E-state index is 12.6. The lowest BCUT2D eigenvalue weighted by molar-refractivity contribution is -0.384. The highest BCUT2D eigenvalue weighted by Crippen LogP contribution is 2.31. The van der Waals surface area contributed by atoms with Crippen molar-refractivity contribution >= 4 is 27.5 Å². The van der Waals surface area contributed by atoms with Crippen LogP contribution in [-0.2, 0) is 10.0 Å². The highest BCUT2D eigenvalue weighted by atomic mass is 32.2. The van der Waals surface area contributed by atoms with Crippen molar-refractivity contribution in [1.29, 1.82) is 0 Å². The number of anilines is 1. The van der Waals surface area contributed by atoms with Crippen molar-refractivity contribution < 1.29 is 13.3 Å². The Morgan fingerprint density at radius 3 is 2.31 bits per heavy atom. The van der Waals surface area contributed by atoms with Crippen molar-refractivity contribution in [3.63, 3.8) is 0 Å². The monoisotopic (exact) mass is 458 g/mol. The van der Waals surface area contributed by atoms with Crippen LogP contribution in [0, 0.1) is 10.1 Å². The Balaban J connectivity index is 1.68. The predicted molar refractivity (Wildman–Crippen MR) is 127 cm³/mol. The molecule has 1 saturated heterocycles. The molecule has 3 rings (SSSR count). The van der Waals surface area contributed by atoms with Crippen LogP contribution in [0.15, 0.2) is 59.5 Å². The van der Waals surface area contributed by atoms with Gasteiger partial charge in [0.2, 0.25) is 10.0 Å². The molecule has 0 unspecified atom stereocenters. The van der Waals surface area contributed by atoms with Gasteiger partial charge < -0.3 is 4.90 Å². The molecule has 0 radical (unpaired) electrons. The molecule has 0 amide bonds. The maximum Gasteiger partial charge on any atom is 0.293 e. The third-order valence-corrected chi connectivity index (χ3v) is 6.84. The molecule has 172 valence electrons. The summed E-state index contributed by atoms with van der Waals surface area (Å²) in [6.07, 6.45) is 4.21. The molecule has 1 N–H and O–H groups in total. The summed E-state index contributed by atoms with van der Waals surface area (Å²) in [5.41, 5.74) is 0.721. The first-order chi connectivity index (χ1) is 15.0. The van der Waals surface area contributed by atoms with Crippen molar-refractivity contribution in [2.75, 3.05) is 37.6 Å². The van der Waals surface area contributed by atoms with Crippen molar-refractivity contribution in [2.45, 2.75) is 31.2 Å². The smallest absolute Gasteiger partial charge is 0.293 e. The van der Waals surface area contributed by atoms with E-state index < -0.39 is 20.5 Å². The number of nitro groups is 1. The lowest BCUT2D eigenvalue weighted by Crippen LogP contribution is -2.46. The summed E-state index contributed by atoms with van der Waals surface area (Å²) in [4.78, 5) is 15.3. The van der Waals surface area contributed by atoms with Gasteiger partial charge in [-0.1, -0.05) is 42.5 Å². The van der Waals surface area contributed by atoms with Crippen LogP contribution >= 0.6 is 0 Å². The summed E-state index contributed by atoms with van der Waals surface area (Å²) in [6.45, 7) is 8.77. The predicted octanol–water partition coefficient (Wildman–Crippen LogP) is 3.51. The van der Waals surface area contributed by atoms with Gasteiger partial charge in [0.25, 0.3) is 5.69 Å². The summed E-state index contributed by atoms with van der Waals surface area (Å²) in [5.74, 6) is 0. The largest absolute Gasteiger partial charge is 0.363 e. The second kappa shape index (κ2) is 9.81. The number of hydrogen-bond acceptors (Lipinski definition) is 6. The fraction of sp³-hybridized carbons (Fsp3) is 0.391. The molecule has 0 atom stereocenters. The summed E-state index contributed by atoms with van der Waals surface area (Å²) in [5, 5.41) is 11.7. The van der Waals surface area contributed by atoms with E-state index in [2.05, 4.69) is 33.9 Å². The van der Waals surface area contributed by atoms with E-state index in [0.717, 1.165) is 31.3 Å². The SMILES string of the molecule is CC(C)(C)NS(=O)(=O)c1ccc(N2CCN(C/C=C/c3ccccc3)CC2)c([N+](=O)[O-])c1. The van der Waals surface area contributed by atoms with E-state index in [9.17, 15) is 18.5 Å². The van der Waals surface area contributed by atoms with Gasteiger partial charge in [0, 0.05) is 44.3 Å². The normalized spacial score (nSPS) is 15.9. The average molecular weight is 459 g/mol. The van der Waals surface area contributed by atoms with Gasteiger partial charge in [-0.2, -0.15) is 0 Å². The summed E-state index contributed by atoms with van der Waals surface area (Å²) >= 11 is 0.